The van der Waals surface area contributed by atoms with Crippen molar-refractivity contribution < 1.29 is 24.7 Å². The Labute approximate surface area is 167 Å². The van der Waals surface area contributed by atoms with Gasteiger partial charge in [0.1, 0.15) is 5.69 Å². The van der Waals surface area contributed by atoms with Gasteiger partial charge in [0.15, 0.2) is 4.87 Å². The van der Waals surface area contributed by atoms with Gasteiger partial charge in [-0.1, -0.05) is 48.6 Å². The van der Waals surface area contributed by atoms with E-state index >= 15 is 0 Å². The third-order valence-corrected chi connectivity index (χ3v) is 3.55. The second-order valence-electron chi connectivity index (χ2n) is 5.73. The van der Waals surface area contributed by atoms with Gasteiger partial charge in [-0.25, -0.2) is 9.59 Å². The predicted octanol–water partition coefficient (Wildman–Crippen LogP) is 4.43. The molecule has 0 spiro atoms. The Balaban J connectivity index is 1.94. The Bertz CT molecular complexity index is 985. The van der Waals surface area contributed by atoms with Crippen LogP contribution in [0.5, 0.6) is 0 Å². The van der Waals surface area contributed by atoms with Crippen molar-refractivity contribution >= 4 is 35.5 Å². The normalized spacial score (nSPS) is 11.6. The molecular weight excluding hydrogens is 372 g/mol. The van der Waals surface area contributed by atoms with Crippen molar-refractivity contribution in [1.82, 2.24) is 0 Å². The Morgan fingerprint density at radius 3 is 1.62 bits per heavy atom. The van der Waals surface area contributed by atoms with Gasteiger partial charge in [-0.15, -0.1) is 5.43 Å². The molecule has 0 aromatic heterocycles. The maximum absolute atomic E-state index is 12.3. The highest BCUT2D eigenvalue weighted by Crippen LogP contribution is 2.17. The van der Waals surface area contributed by atoms with E-state index in [1.807, 2.05) is 0 Å². The summed E-state index contributed by atoms with van der Waals surface area (Å²) in [4.78, 5) is 33.7. The summed E-state index contributed by atoms with van der Waals surface area (Å²) in [6.45, 7) is 0. The number of nitrogens with one attached hydrogen (secondary N) is 1. The summed E-state index contributed by atoms with van der Waals surface area (Å²) in [7, 11) is 0. The minimum absolute atomic E-state index is 0.408. The highest BCUT2D eigenvalue weighted by molar-refractivity contribution is 5.80. The van der Waals surface area contributed by atoms with Crippen molar-refractivity contribution in [1.29, 1.82) is 0 Å². The molecule has 0 aliphatic rings. The summed E-state index contributed by atoms with van der Waals surface area (Å²) in [5, 5.41) is 17.0. The topological polar surface area (TPSA) is 107 Å². The van der Waals surface area contributed by atoms with Crippen LogP contribution in [-0.4, -0.2) is 27.0 Å². The molecule has 0 amide bonds. The van der Waals surface area contributed by atoms with Crippen LogP contribution in [0.25, 0.3) is 12.2 Å². The zero-order valence-electron chi connectivity index (χ0n) is 15.3. The number of hydrazine groups is 1. The molecule has 0 heterocycles. The van der Waals surface area contributed by atoms with Crippen LogP contribution in [0.1, 0.15) is 11.1 Å². The number of allylic oxidation sites excluding steroid dienone is 4. The van der Waals surface area contributed by atoms with Crippen molar-refractivity contribution in [3.05, 3.63) is 101 Å². The molecule has 0 saturated heterocycles. The fraction of sp³-hybridized carbons (Fsp3) is 0. The summed E-state index contributed by atoms with van der Waals surface area (Å²) in [5.41, 5.74) is 5.41. The molecule has 0 bridgehead atoms. The van der Waals surface area contributed by atoms with Crippen molar-refractivity contribution in [2.24, 2.45) is 0 Å². The number of rotatable bonds is 9. The fourth-order valence-electron chi connectivity index (χ4n) is 2.18. The van der Waals surface area contributed by atoms with E-state index in [0.717, 1.165) is 23.3 Å². The van der Waals surface area contributed by atoms with E-state index in [0.29, 0.717) is 16.2 Å². The average molecular weight is 391 g/mol. The molecule has 0 atom stereocenters. The average Bonchev–Trinajstić information content (AvgIpc) is 2.70. The number of anilines is 1. The Morgan fingerprint density at radius 2 is 1.17 bits per heavy atom. The molecular formula is C22H19N2O5+. The lowest BCUT2D eigenvalue weighted by Crippen LogP contribution is -2.10. The number of hydrogen-bond acceptors (Lipinski definition) is 3. The van der Waals surface area contributed by atoms with E-state index in [1.54, 1.807) is 72.8 Å². The molecule has 146 valence electrons. The molecule has 2 aromatic carbocycles. The van der Waals surface area contributed by atoms with Gasteiger partial charge in [0.05, 0.1) is 4.91 Å². The smallest absolute Gasteiger partial charge is 0.328 e. The first-order chi connectivity index (χ1) is 13.9. The third kappa shape index (κ3) is 7.88. The molecule has 0 unspecified atom stereocenters. The first-order valence-corrected chi connectivity index (χ1v) is 8.53. The monoisotopic (exact) mass is 391 g/mol. The number of hydrogen-bond donors (Lipinski definition) is 3. The lowest BCUT2D eigenvalue weighted by molar-refractivity contribution is -0.427. The quantitative estimate of drug-likeness (QED) is 0.253. The van der Waals surface area contributed by atoms with Crippen LogP contribution in [-0.2, 0) is 9.59 Å². The Hall–Kier alpha value is -4.26. The molecule has 0 aliphatic heterocycles. The first kappa shape index (κ1) is 21.0. The van der Waals surface area contributed by atoms with E-state index < -0.39 is 11.9 Å². The molecule has 0 radical (unpaired) electrons. The molecule has 7 nitrogen and oxygen atoms in total. The summed E-state index contributed by atoms with van der Waals surface area (Å²) in [6.07, 6.45) is 11.6. The van der Waals surface area contributed by atoms with E-state index in [4.69, 9.17) is 10.2 Å². The summed E-state index contributed by atoms with van der Waals surface area (Å²) >= 11 is 0. The third-order valence-electron chi connectivity index (χ3n) is 3.55. The van der Waals surface area contributed by atoms with Crippen molar-refractivity contribution in [3.63, 3.8) is 0 Å². The second-order valence-corrected chi connectivity index (χ2v) is 5.73. The molecule has 0 saturated carbocycles. The molecule has 29 heavy (non-hydrogen) atoms. The number of nitrogens with zero attached hydrogens (tertiary/aromatic N) is 1. The van der Waals surface area contributed by atoms with Crippen LogP contribution in [0.4, 0.5) is 11.4 Å². The van der Waals surface area contributed by atoms with Crippen molar-refractivity contribution in [2.75, 3.05) is 5.43 Å². The number of nitroso groups, excluding NO2 is 1. The van der Waals surface area contributed by atoms with Crippen molar-refractivity contribution in [3.8, 4) is 0 Å². The number of benzene rings is 2. The molecule has 2 rings (SSSR count). The number of carboxylic acids is 2. The molecule has 3 N–H and O–H groups in total. The summed E-state index contributed by atoms with van der Waals surface area (Å²) < 4.78 is 0. The zero-order valence-corrected chi connectivity index (χ0v) is 15.3. The van der Waals surface area contributed by atoms with Gasteiger partial charge in [-0.05, 0) is 35.4 Å². The van der Waals surface area contributed by atoms with Gasteiger partial charge in [-0.2, -0.15) is 0 Å². The number of carbonyl (C=O) groups is 2. The summed E-state index contributed by atoms with van der Waals surface area (Å²) in [6, 6.07) is 13.8. The van der Waals surface area contributed by atoms with Gasteiger partial charge in [0, 0.05) is 24.3 Å². The lowest BCUT2D eigenvalue weighted by atomic mass is 10.2. The Kier molecular flexibility index (Phi) is 7.83. The van der Waals surface area contributed by atoms with Crippen LogP contribution in [0.15, 0.2) is 85.0 Å². The van der Waals surface area contributed by atoms with Crippen LogP contribution in [0.3, 0.4) is 0 Å². The number of carboxylic acid groups (broad SMARTS) is 2. The molecule has 2 aromatic rings. The lowest BCUT2D eigenvalue weighted by Gasteiger charge is -1.99. The highest BCUT2D eigenvalue weighted by Gasteiger charge is 2.13. The summed E-state index contributed by atoms with van der Waals surface area (Å²) in [5.74, 6) is -2.03. The minimum atomic E-state index is -1.02. The largest absolute Gasteiger partial charge is 0.478 e. The van der Waals surface area contributed by atoms with Gasteiger partial charge in [0.25, 0.3) is 5.69 Å². The highest BCUT2D eigenvalue weighted by atomic mass is 16.4. The molecule has 0 fully saturated rings. The maximum atomic E-state index is 12.3. The van der Waals surface area contributed by atoms with E-state index in [1.165, 1.54) is 12.2 Å². The molecule has 0 aliphatic carbocycles. The van der Waals surface area contributed by atoms with Crippen molar-refractivity contribution in [2.45, 2.75) is 0 Å². The van der Waals surface area contributed by atoms with E-state index in [2.05, 4.69) is 5.43 Å². The van der Waals surface area contributed by atoms with Gasteiger partial charge in [-0.3, -0.25) is 0 Å². The maximum Gasteiger partial charge on any atom is 0.328 e. The molecule has 7 heteroatoms. The zero-order chi connectivity index (χ0) is 21.1. The first-order valence-electron chi connectivity index (χ1n) is 8.53. The second kappa shape index (κ2) is 10.8. The minimum Gasteiger partial charge on any atom is -0.478 e. The van der Waals surface area contributed by atoms with Gasteiger partial charge >= 0.3 is 11.9 Å². The van der Waals surface area contributed by atoms with Crippen LogP contribution in [0, 0.1) is 4.91 Å². The predicted molar refractivity (Wildman–Crippen MR) is 111 cm³/mol. The van der Waals surface area contributed by atoms with Gasteiger partial charge in [0.2, 0.25) is 0 Å². The van der Waals surface area contributed by atoms with Crippen LogP contribution >= 0.6 is 0 Å². The van der Waals surface area contributed by atoms with Gasteiger partial charge < -0.3 is 10.2 Å². The fourth-order valence-corrected chi connectivity index (χ4v) is 2.18. The van der Waals surface area contributed by atoms with Crippen LogP contribution in [0.2, 0.25) is 0 Å². The standard InChI is InChI=1S/C22H18N2O5/c25-21(26)7-3-1-5-17-9-13-19(14-10-17)23-24(29)20-15-11-18(12-16-20)6-2-4-8-22(27)28/h1-16H,(H2-,23,25,26,27,28,29)/p+1. The SMILES string of the molecule is O=C(O)C=CC=Cc1ccc(N[N+](=O)c2ccc(C=CC=CC(=O)O)cc2)cc1. The van der Waals surface area contributed by atoms with E-state index in [-0.39, 0.29) is 0 Å². The van der Waals surface area contributed by atoms with E-state index in [9.17, 15) is 14.5 Å². The van der Waals surface area contributed by atoms with Crippen LogP contribution < -0.4 is 5.43 Å². The number of aliphatic carboxylic acids is 2. The Morgan fingerprint density at radius 1 is 0.724 bits per heavy atom.